The van der Waals surface area contributed by atoms with Gasteiger partial charge in [0.15, 0.2) is 0 Å². The Kier molecular flexibility index (Phi) is 3.48. The van der Waals surface area contributed by atoms with E-state index in [-0.39, 0.29) is 11.5 Å². The predicted octanol–water partition coefficient (Wildman–Crippen LogP) is 2.71. The molecule has 1 aromatic carbocycles. The van der Waals surface area contributed by atoms with E-state index in [2.05, 4.69) is 18.4 Å². The van der Waals surface area contributed by atoms with Gasteiger partial charge in [-0.3, -0.25) is 0 Å². The van der Waals surface area contributed by atoms with Crippen LogP contribution >= 0.6 is 11.6 Å². The lowest BCUT2D eigenvalue weighted by Crippen LogP contribution is -2.43. The monoisotopic (exact) mass is 293 g/mol. The molecule has 4 nitrogen and oxygen atoms in total. The van der Waals surface area contributed by atoms with Crippen molar-refractivity contribution in [1.29, 1.82) is 0 Å². The van der Waals surface area contributed by atoms with E-state index in [4.69, 9.17) is 27.1 Å². The van der Waals surface area contributed by atoms with Gasteiger partial charge < -0.3 is 15.0 Å². The number of benzene rings is 1. The third-order valence-corrected chi connectivity index (χ3v) is 4.50. The molecular weight excluding hydrogens is 274 g/mol. The van der Waals surface area contributed by atoms with Crippen molar-refractivity contribution in [2.45, 2.75) is 38.3 Å². The zero-order valence-electron chi connectivity index (χ0n) is 11.9. The van der Waals surface area contributed by atoms with Crippen LogP contribution in [0.25, 0.3) is 11.0 Å². The smallest absolute Gasteiger partial charge is 0.119 e. The van der Waals surface area contributed by atoms with Crippen LogP contribution in [0.4, 0.5) is 0 Å². The number of hydrogen-bond donors (Lipinski definition) is 1. The fourth-order valence-electron chi connectivity index (χ4n) is 2.94. The molecule has 1 aliphatic rings. The molecule has 5 heteroatoms. The van der Waals surface area contributed by atoms with Gasteiger partial charge >= 0.3 is 0 Å². The van der Waals surface area contributed by atoms with Crippen LogP contribution in [-0.2, 0) is 16.7 Å². The molecule has 0 saturated carbocycles. The highest BCUT2D eigenvalue weighted by Crippen LogP contribution is 2.35. The molecule has 0 aliphatic carbocycles. The third-order valence-electron chi connectivity index (χ3n) is 4.19. The maximum Gasteiger partial charge on any atom is 0.119 e. The molecule has 2 unspecified atom stereocenters. The lowest BCUT2D eigenvalue weighted by Gasteiger charge is -2.27. The lowest BCUT2D eigenvalue weighted by atomic mass is 9.85. The Labute approximate surface area is 123 Å². The molecule has 2 heterocycles. The summed E-state index contributed by atoms with van der Waals surface area (Å²) in [6, 6.07) is 5.82. The molecule has 1 aromatic heterocycles. The molecule has 2 atom stereocenters. The van der Waals surface area contributed by atoms with Gasteiger partial charge in [0.05, 0.1) is 34.7 Å². The molecule has 0 bridgehead atoms. The number of nitrogens with two attached hydrogens (primary N) is 1. The van der Waals surface area contributed by atoms with Crippen molar-refractivity contribution in [2.24, 2.45) is 5.73 Å². The van der Waals surface area contributed by atoms with Gasteiger partial charge in [-0.15, -0.1) is 0 Å². The normalized spacial score (nSPS) is 26.5. The van der Waals surface area contributed by atoms with E-state index < -0.39 is 0 Å². The second-order valence-electron chi connectivity index (χ2n) is 5.73. The summed E-state index contributed by atoms with van der Waals surface area (Å²) in [5.41, 5.74) is 7.94. The zero-order valence-corrected chi connectivity index (χ0v) is 12.7. The minimum Gasteiger partial charge on any atom is -0.379 e. The topological polar surface area (TPSA) is 53.1 Å². The first kappa shape index (κ1) is 13.9. The Morgan fingerprint density at radius 2 is 2.35 bits per heavy atom. The van der Waals surface area contributed by atoms with Crippen LogP contribution in [0.3, 0.4) is 0 Å². The zero-order chi connectivity index (χ0) is 14.3. The maximum atomic E-state index is 6.38. The quantitative estimate of drug-likeness (QED) is 0.947. The van der Waals surface area contributed by atoms with Crippen LogP contribution in [0, 0.1) is 0 Å². The van der Waals surface area contributed by atoms with E-state index in [1.165, 1.54) is 0 Å². The summed E-state index contributed by atoms with van der Waals surface area (Å²) in [6.07, 6.45) is 1.02. The molecular formula is C15H20ClN3O. The third kappa shape index (κ3) is 1.94. The molecule has 2 aromatic rings. The highest BCUT2D eigenvalue weighted by molar-refractivity contribution is 6.35. The number of halogens is 1. The number of fused-ring (bicyclic) bond motifs is 1. The minimum atomic E-state index is -0.252. The highest BCUT2D eigenvalue weighted by atomic mass is 35.5. The Bertz CT molecular complexity index is 639. The van der Waals surface area contributed by atoms with Gasteiger partial charge in [-0.1, -0.05) is 24.6 Å². The molecule has 0 amide bonds. The summed E-state index contributed by atoms with van der Waals surface area (Å²) in [5, 5.41) is 0.741. The average molecular weight is 294 g/mol. The number of rotatable bonds is 3. The van der Waals surface area contributed by atoms with Crippen molar-refractivity contribution < 1.29 is 4.74 Å². The van der Waals surface area contributed by atoms with E-state index in [1.54, 1.807) is 0 Å². The largest absolute Gasteiger partial charge is 0.379 e. The first-order valence-corrected chi connectivity index (χ1v) is 7.44. The predicted molar refractivity (Wildman–Crippen MR) is 81.2 cm³/mol. The van der Waals surface area contributed by atoms with Gasteiger partial charge in [0.2, 0.25) is 0 Å². The van der Waals surface area contributed by atoms with Crippen molar-refractivity contribution in [2.75, 3.05) is 13.2 Å². The fourth-order valence-corrected chi connectivity index (χ4v) is 3.21. The summed E-state index contributed by atoms with van der Waals surface area (Å²) in [4.78, 5) is 4.81. The molecule has 2 N–H and O–H groups in total. The van der Waals surface area contributed by atoms with E-state index >= 15 is 0 Å². The Morgan fingerprint density at radius 3 is 3.00 bits per heavy atom. The second-order valence-corrected chi connectivity index (χ2v) is 6.14. The molecule has 1 aliphatic heterocycles. The van der Waals surface area contributed by atoms with Crippen LogP contribution in [0.15, 0.2) is 18.2 Å². The summed E-state index contributed by atoms with van der Waals surface area (Å²) in [5.74, 6) is 0.993. The molecule has 1 saturated heterocycles. The summed E-state index contributed by atoms with van der Waals surface area (Å²) in [6.45, 7) is 6.36. The van der Waals surface area contributed by atoms with Gasteiger partial charge in [0.25, 0.3) is 0 Å². The van der Waals surface area contributed by atoms with Crippen molar-refractivity contribution in [3.8, 4) is 0 Å². The molecule has 0 radical (unpaired) electrons. The van der Waals surface area contributed by atoms with Crippen molar-refractivity contribution in [1.82, 2.24) is 9.55 Å². The minimum absolute atomic E-state index is 0.0336. The lowest BCUT2D eigenvalue weighted by molar-refractivity contribution is 0.177. The number of hydrogen-bond acceptors (Lipinski definition) is 3. The molecule has 3 rings (SSSR count). The van der Waals surface area contributed by atoms with E-state index in [9.17, 15) is 0 Å². The number of nitrogens with zero attached hydrogens (tertiary/aromatic N) is 2. The highest BCUT2D eigenvalue weighted by Gasteiger charge is 2.43. The Morgan fingerprint density at radius 1 is 1.55 bits per heavy atom. The SMILES string of the molecule is CCCn1c(C2(C)COCC2N)nc2cccc(Cl)c21. The molecule has 108 valence electrons. The van der Waals surface area contributed by atoms with Crippen molar-refractivity contribution in [3.63, 3.8) is 0 Å². The van der Waals surface area contributed by atoms with Crippen molar-refractivity contribution in [3.05, 3.63) is 29.0 Å². The average Bonchev–Trinajstić information content (AvgIpc) is 2.94. The number of aryl methyl sites for hydroxylation is 1. The van der Waals surface area contributed by atoms with Gasteiger partial charge in [-0.25, -0.2) is 4.98 Å². The van der Waals surface area contributed by atoms with E-state index in [1.807, 2.05) is 18.2 Å². The number of aromatic nitrogens is 2. The number of para-hydroxylation sites is 1. The Balaban J connectivity index is 2.25. The van der Waals surface area contributed by atoms with Gasteiger partial charge in [-0.2, -0.15) is 0 Å². The first-order chi connectivity index (χ1) is 9.58. The van der Waals surface area contributed by atoms with Crippen molar-refractivity contribution >= 4 is 22.6 Å². The molecule has 0 spiro atoms. The van der Waals surface area contributed by atoms with Crippen LogP contribution in [-0.4, -0.2) is 28.8 Å². The fraction of sp³-hybridized carbons (Fsp3) is 0.533. The van der Waals surface area contributed by atoms with Gasteiger partial charge in [0, 0.05) is 12.6 Å². The molecule has 20 heavy (non-hydrogen) atoms. The van der Waals surface area contributed by atoms with Gasteiger partial charge in [0.1, 0.15) is 5.82 Å². The Hall–Kier alpha value is -1.10. The standard InChI is InChI=1S/C15H20ClN3O/c1-3-7-19-13-10(16)5-4-6-11(13)18-14(19)15(2)9-20-8-12(15)17/h4-6,12H,3,7-9,17H2,1-2H3. The van der Waals surface area contributed by atoms with Crippen LogP contribution < -0.4 is 5.73 Å². The van der Waals surface area contributed by atoms with Gasteiger partial charge in [-0.05, 0) is 25.5 Å². The van der Waals surface area contributed by atoms with E-state index in [0.29, 0.717) is 13.2 Å². The summed E-state index contributed by atoms with van der Waals surface area (Å²) in [7, 11) is 0. The van der Waals surface area contributed by atoms with Crippen LogP contribution in [0.5, 0.6) is 0 Å². The molecule has 1 fully saturated rings. The van der Waals surface area contributed by atoms with Crippen LogP contribution in [0.1, 0.15) is 26.1 Å². The number of ether oxygens (including phenoxy) is 1. The van der Waals surface area contributed by atoms with E-state index in [0.717, 1.165) is 34.8 Å². The van der Waals surface area contributed by atoms with Crippen LogP contribution in [0.2, 0.25) is 5.02 Å². The second kappa shape index (κ2) is 5.02. The maximum absolute atomic E-state index is 6.38. The number of imidazole rings is 1. The first-order valence-electron chi connectivity index (χ1n) is 7.06. The summed E-state index contributed by atoms with van der Waals surface area (Å²) >= 11 is 6.38. The summed E-state index contributed by atoms with van der Waals surface area (Å²) < 4.78 is 7.79.